The predicted molar refractivity (Wildman–Crippen MR) is 299 cm³/mol. The number of piperidine rings is 1. The highest BCUT2D eigenvalue weighted by Crippen LogP contribution is 2.46. The first-order valence-electron chi connectivity index (χ1n) is 27.5. The summed E-state index contributed by atoms with van der Waals surface area (Å²) in [6, 6.07) is 5.65. The number of nitrogen functional groups attached to an aromatic ring is 2. The Hall–Kier alpha value is -6.53. The van der Waals surface area contributed by atoms with E-state index in [1.807, 2.05) is 18.7 Å². The largest absolute Gasteiger partial charge is 0.462 e. The lowest BCUT2D eigenvalue weighted by atomic mass is 9.82. The molecule has 0 bridgehead atoms. The fourth-order valence-electron chi connectivity index (χ4n) is 11.8. The Morgan fingerprint density at radius 2 is 1.37 bits per heavy atom. The number of rotatable bonds is 10. The van der Waals surface area contributed by atoms with Gasteiger partial charge in [-0.1, -0.05) is 39.3 Å². The van der Waals surface area contributed by atoms with E-state index in [2.05, 4.69) is 60.6 Å². The molecule has 3 unspecified atom stereocenters. The molecule has 3 atom stereocenters. The Kier molecular flexibility index (Phi) is 17.3. The molecule has 6 aromatic rings. The van der Waals surface area contributed by atoms with Gasteiger partial charge in [0.1, 0.15) is 65.4 Å². The highest BCUT2D eigenvalue weighted by atomic mass is 35.5. The zero-order valence-electron chi connectivity index (χ0n) is 46.8. The molecule has 0 aliphatic carbocycles. The van der Waals surface area contributed by atoms with Crippen LogP contribution in [0.1, 0.15) is 101 Å². The first-order valence-corrected chi connectivity index (χ1v) is 27.9. The molecular formula is C57H67ClF9N13O2. The molecule has 25 heteroatoms. The molecule has 0 saturated carbocycles. The molecule has 442 valence electrons. The fraction of sp³-hybridized carbons (Fsp3) is 0.526. The average Bonchev–Trinajstić information content (AvgIpc) is 3.99. The van der Waals surface area contributed by atoms with Gasteiger partial charge < -0.3 is 35.6 Å². The number of ether oxygens (including phenoxy) is 2. The van der Waals surface area contributed by atoms with E-state index in [1.165, 1.54) is 26.0 Å². The van der Waals surface area contributed by atoms with E-state index < -0.39 is 58.2 Å². The highest BCUT2D eigenvalue weighted by molar-refractivity contribution is 6.34. The van der Waals surface area contributed by atoms with Gasteiger partial charge in [0.2, 0.25) is 0 Å². The monoisotopic (exact) mass is 1170 g/mol. The summed E-state index contributed by atoms with van der Waals surface area (Å²) in [7, 11) is 2.07. The Bertz CT molecular complexity index is 3380. The summed E-state index contributed by atoms with van der Waals surface area (Å²) >= 11 is 6.66. The van der Waals surface area contributed by atoms with Crippen molar-refractivity contribution in [1.29, 1.82) is 0 Å². The number of likely N-dealkylation sites (tertiary alicyclic amines) is 1. The van der Waals surface area contributed by atoms with Crippen molar-refractivity contribution in [2.75, 3.05) is 87.3 Å². The summed E-state index contributed by atoms with van der Waals surface area (Å²) in [5, 5.41) is 0.838. The van der Waals surface area contributed by atoms with E-state index in [0.717, 1.165) is 70.5 Å². The minimum absolute atomic E-state index is 0.0179. The van der Waals surface area contributed by atoms with E-state index in [0.29, 0.717) is 49.3 Å². The molecule has 5 aromatic heterocycles. The summed E-state index contributed by atoms with van der Waals surface area (Å²) in [6.07, 6.45) is -1.62. The number of likely N-dealkylation sites (N-methyl/N-ethyl adjacent to an activating group) is 1. The number of aryl methyl sites for hydroxylation is 2. The molecule has 82 heavy (non-hydrogen) atoms. The number of halogens is 10. The Morgan fingerprint density at radius 3 is 2.00 bits per heavy atom. The molecule has 4 fully saturated rings. The van der Waals surface area contributed by atoms with Crippen LogP contribution < -0.4 is 30.7 Å². The third-order valence-electron chi connectivity index (χ3n) is 16.0. The van der Waals surface area contributed by atoms with Gasteiger partial charge in [0.25, 0.3) is 0 Å². The van der Waals surface area contributed by atoms with Crippen LogP contribution in [0.4, 0.5) is 62.8 Å². The number of alkyl halides is 7. The zero-order chi connectivity index (χ0) is 59.2. The van der Waals surface area contributed by atoms with E-state index in [9.17, 15) is 35.1 Å². The molecule has 4 saturated heterocycles. The van der Waals surface area contributed by atoms with Crippen molar-refractivity contribution in [2.45, 2.75) is 123 Å². The lowest BCUT2D eigenvalue weighted by molar-refractivity contribution is -0.138. The number of nitrogens with zero attached hydrogens (tertiary/aromatic N) is 11. The Morgan fingerprint density at radius 1 is 0.732 bits per heavy atom. The molecule has 5 aliphatic heterocycles. The highest BCUT2D eigenvalue weighted by Gasteiger charge is 2.50. The number of nitrogens with two attached hydrogens (primary N) is 2. The molecule has 5 aliphatic rings. The number of hydrogen-bond donors (Lipinski definition) is 2. The topological polar surface area (TPSA) is 174 Å². The van der Waals surface area contributed by atoms with Crippen molar-refractivity contribution in [1.82, 2.24) is 44.7 Å². The van der Waals surface area contributed by atoms with E-state index in [-0.39, 0.29) is 98.8 Å². The maximum atomic E-state index is 16.2. The molecule has 15 nitrogen and oxygen atoms in total. The third-order valence-corrected chi connectivity index (χ3v) is 16.3. The minimum Gasteiger partial charge on any atom is -0.462 e. The van der Waals surface area contributed by atoms with Crippen molar-refractivity contribution >= 4 is 56.7 Å². The number of anilines is 4. The van der Waals surface area contributed by atoms with Gasteiger partial charge >= 0.3 is 24.4 Å². The predicted octanol–water partition coefficient (Wildman–Crippen LogP) is 12.5. The molecular weight excluding hydrogens is 1110 g/mol. The van der Waals surface area contributed by atoms with E-state index in [4.69, 9.17) is 37.5 Å². The van der Waals surface area contributed by atoms with Crippen LogP contribution in [0, 0.1) is 25.1 Å². The van der Waals surface area contributed by atoms with E-state index >= 15 is 4.39 Å². The fourth-order valence-corrected chi connectivity index (χ4v) is 12.0. The van der Waals surface area contributed by atoms with Gasteiger partial charge in [0.15, 0.2) is 5.82 Å². The average molecular weight is 1170 g/mol. The number of fused-ring (bicyclic) bond motifs is 3. The van der Waals surface area contributed by atoms with Gasteiger partial charge in [-0.2, -0.15) is 46.3 Å². The molecule has 11 rings (SSSR count). The molecule has 1 aromatic carbocycles. The second kappa shape index (κ2) is 23.6. The van der Waals surface area contributed by atoms with Gasteiger partial charge in [0.05, 0.1) is 44.8 Å². The zero-order valence-corrected chi connectivity index (χ0v) is 47.6. The van der Waals surface area contributed by atoms with Gasteiger partial charge in [-0.15, -0.1) is 0 Å². The van der Waals surface area contributed by atoms with Crippen LogP contribution in [0.15, 0.2) is 42.4 Å². The van der Waals surface area contributed by atoms with Gasteiger partial charge in [0, 0.05) is 55.8 Å². The smallest absolute Gasteiger partial charge is 0.418 e. The minimum atomic E-state index is -4.87. The number of pyridine rings is 3. The van der Waals surface area contributed by atoms with E-state index in [1.54, 1.807) is 17.0 Å². The number of benzene rings is 1. The first-order chi connectivity index (χ1) is 38.8. The van der Waals surface area contributed by atoms with Crippen molar-refractivity contribution in [2.24, 2.45) is 5.41 Å². The summed E-state index contributed by atoms with van der Waals surface area (Å²) < 4.78 is 141. The van der Waals surface area contributed by atoms with Gasteiger partial charge in [-0.25, -0.2) is 23.1 Å². The normalized spacial score (nSPS) is 21.3. The van der Waals surface area contributed by atoms with Crippen molar-refractivity contribution in [3.63, 3.8) is 0 Å². The molecule has 0 spiro atoms. The summed E-state index contributed by atoms with van der Waals surface area (Å²) in [4.78, 5) is 38.0. The second-order valence-electron chi connectivity index (χ2n) is 22.3. The van der Waals surface area contributed by atoms with Crippen molar-refractivity contribution in [3.05, 3.63) is 75.5 Å². The number of aromatic nitrogens is 7. The van der Waals surface area contributed by atoms with Crippen LogP contribution in [-0.4, -0.2) is 129 Å². The Balaban J connectivity index is 0.000000192. The van der Waals surface area contributed by atoms with Crippen LogP contribution in [0.3, 0.4) is 0 Å². The molecule has 0 amide bonds. The van der Waals surface area contributed by atoms with Crippen LogP contribution in [-0.2, 0) is 12.4 Å². The maximum absolute atomic E-state index is 16.2. The SMILES string of the molecule is CC.Cc1cc(N)nc(-c2cc3nc(OCC4CCCN4C)nc(N4CCC(C)(C)CC4)c3cc2Cl)c1C(F)(F)F.Cc1cc(N)nc(-c2ncc3c(N4CCC=C(F)C4)nc(OCC45CCCN4CC(F)C5)nc3c2F)c1C(F)(F)F. The molecule has 0 radical (unpaired) electrons. The van der Waals surface area contributed by atoms with Gasteiger partial charge in [-0.05, 0) is 126 Å². The summed E-state index contributed by atoms with van der Waals surface area (Å²) in [5.41, 5.74) is 7.36. The van der Waals surface area contributed by atoms with Crippen LogP contribution in [0.25, 0.3) is 44.5 Å². The van der Waals surface area contributed by atoms with Crippen LogP contribution >= 0.6 is 11.6 Å². The number of hydrogen-bond acceptors (Lipinski definition) is 15. The quantitative estimate of drug-likeness (QED) is 0.124. The lowest BCUT2D eigenvalue weighted by Gasteiger charge is -2.38. The molecule has 10 heterocycles. The van der Waals surface area contributed by atoms with Crippen molar-refractivity contribution < 1.29 is 49.0 Å². The standard InChI is InChI=1S/C28H34ClF3N6O.C27H27F6N7O.C2H6/c1-16-12-22(33)35-24(23(16)28(30,31)32)18-14-21-19(13-20(18)29)25(38-10-7-27(2,3)8-11-38)36-26(34-21)39-15-17-6-5-9-37(17)4;1-14-8-18(34)36-22(19(14)27(31,32)33)23-20(30)21-17(10-35-23)24(39-6-2-4-15(28)11-39)38-25(37-21)41-13-26-5-3-7-40(26)12-16(29)9-26;1-2/h12-14,17H,5-11,15H2,1-4H3,(H2,33,35);4,8,10,16H,2-3,5-7,9,11-13H2,1H3,(H2,34,36);1-2H3. The lowest BCUT2D eigenvalue weighted by Crippen LogP contribution is -2.43. The third kappa shape index (κ3) is 12.5. The second-order valence-corrected chi connectivity index (χ2v) is 22.7. The first kappa shape index (κ1) is 60.1. The summed E-state index contributed by atoms with van der Waals surface area (Å²) in [5.74, 6) is -1.06. The van der Waals surface area contributed by atoms with Crippen LogP contribution in [0.5, 0.6) is 12.0 Å². The Labute approximate surface area is 474 Å². The summed E-state index contributed by atoms with van der Waals surface area (Å²) in [6.45, 7) is 15.3. The maximum Gasteiger partial charge on any atom is 0.418 e. The molecule has 4 N–H and O–H groups in total. The van der Waals surface area contributed by atoms with Crippen molar-refractivity contribution in [3.8, 4) is 34.7 Å². The van der Waals surface area contributed by atoms with Crippen LogP contribution in [0.2, 0.25) is 5.02 Å². The van der Waals surface area contributed by atoms with Gasteiger partial charge in [-0.3, -0.25) is 9.88 Å².